The molecule has 2 rings (SSSR count). The van der Waals surface area contributed by atoms with Gasteiger partial charge in [0, 0.05) is 18.5 Å². The number of nitrogens with one attached hydrogen (secondary N) is 3. The van der Waals surface area contributed by atoms with E-state index < -0.39 is 6.10 Å². The van der Waals surface area contributed by atoms with Crippen LogP contribution in [0.1, 0.15) is 12.8 Å². The van der Waals surface area contributed by atoms with Crippen LogP contribution in [0.2, 0.25) is 0 Å². The average molecular weight is 350 g/mol. The lowest BCUT2D eigenvalue weighted by Crippen LogP contribution is -2.36. The van der Waals surface area contributed by atoms with Gasteiger partial charge in [0.2, 0.25) is 5.91 Å². The normalized spacial score (nSPS) is 12.1. The fraction of sp³-hybridized carbons (Fsp3) is 0.438. The Balaban J connectivity index is 1.78. The summed E-state index contributed by atoms with van der Waals surface area (Å²) in [5.41, 5.74) is -0.220. The Bertz CT molecular complexity index is 735. The highest BCUT2D eigenvalue weighted by Gasteiger charge is 2.13. The van der Waals surface area contributed by atoms with E-state index in [0.717, 1.165) is 11.1 Å². The quantitative estimate of drug-likeness (QED) is 0.502. The summed E-state index contributed by atoms with van der Waals surface area (Å²) in [6.45, 7) is 1.05. The maximum atomic E-state index is 11.7. The number of aliphatic hydroxyl groups excluding tert-OH is 1. The third-order valence-corrected chi connectivity index (χ3v) is 4.18. The molecule has 0 bridgehead atoms. The molecule has 0 aliphatic carbocycles. The maximum absolute atomic E-state index is 11.7. The fourth-order valence-corrected chi connectivity index (χ4v) is 2.69. The molecule has 2 aromatic rings. The largest absolute Gasteiger partial charge is 0.383 e. The maximum Gasteiger partial charge on any atom is 0.272 e. The molecular weight excluding hydrogens is 328 g/mol. The molecule has 0 fully saturated rings. The summed E-state index contributed by atoms with van der Waals surface area (Å²) in [6, 6.07) is 7.24. The zero-order valence-corrected chi connectivity index (χ0v) is 14.4. The number of aromatic amines is 1. The SMILES string of the molecule is CSCCC(O)C(=O)NCCCNc1n[nH]c(=O)c2ccccc12. The van der Waals surface area contributed by atoms with Crippen molar-refractivity contribution < 1.29 is 9.90 Å². The molecule has 24 heavy (non-hydrogen) atoms. The molecule has 8 heteroatoms. The first-order chi connectivity index (χ1) is 11.6. The highest BCUT2D eigenvalue weighted by atomic mass is 32.2. The average Bonchev–Trinajstić information content (AvgIpc) is 2.61. The van der Waals surface area contributed by atoms with E-state index in [1.165, 1.54) is 0 Å². The lowest BCUT2D eigenvalue weighted by molar-refractivity contribution is -0.129. The molecule has 4 N–H and O–H groups in total. The molecule has 0 radical (unpaired) electrons. The number of hydrogen-bond donors (Lipinski definition) is 4. The van der Waals surface area contributed by atoms with Gasteiger partial charge in [-0.15, -0.1) is 0 Å². The number of H-pyrrole nitrogens is 1. The second kappa shape index (κ2) is 9.29. The number of fused-ring (bicyclic) bond motifs is 1. The van der Waals surface area contributed by atoms with Gasteiger partial charge in [-0.2, -0.15) is 16.9 Å². The number of nitrogens with zero attached hydrogens (tertiary/aromatic N) is 1. The first kappa shape index (κ1) is 18.3. The van der Waals surface area contributed by atoms with Gasteiger partial charge in [-0.05, 0) is 30.9 Å². The number of rotatable bonds is 9. The number of anilines is 1. The highest BCUT2D eigenvalue weighted by molar-refractivity contribution is 7.98. The van der Waals surface area contributed by atoms with Gasteiger partial charge in [0.15, 0.2) is 5.82 Å². The summed E-state index contributed by atoms with van der Waals surface area (Å²) >= 11 is 1.60. The summed E-state index contributed by atoms with van der Waals surface area (Å²) < 4.78 is 0. The van der Waals surface area contributed by atoms with Crippen molar-refractivity contribution in [3.63, 3.8) is 0 Å². The van der Waals surface area contributed by atoms with Gasteiger partial charge in [0.25, 0.3) is 5.56 Å². The minimum Gasteiger partial charge on any atom is -0.383 e. The van der Waals surface area contributed by atoms with Crippen LogP contribution in [0.15, 0.2) is 29.1 Å². The third-order valence-electron chi connectivity index (χ3n) is 3.54. The van der Waals surface area contributed by atoms with Crippen LogP contribution in [0.4, 0.5) is 5.82 Å². The van der Waals surface area contributed by atoms with E-state index in [1.54, 1.807) is 23.9 Å². The number of amides is 1. The summed E-state index contributed by atoms with van der Waals surface area (Å²) in [5.74, 6) is 1.02. The van der Waals surface area contributed by atoms with Crippen LogP contribution in [0.5, 0.6) is 0 Å². The van der Waals surface area contributed by atoms with E-state index in [4.69, 9.17) is 0 Å². The van der Waals surface area contributed by atoms with Crippen molar-refractivity contribution in [2.75, 3.05) is 30.4 Å². The molecule has 0 aliphatic rings. The summed E-state index contributed by atoms with van der Waals surface area (Å²) in [4.78, 5) is 23.4. The Kier molecular flexibility index (Phi) is 7.07. The van der Waals surface area contributed by atoms with Crippen molar-refractivity contribution in [2.24, 2.45) is 0 Å². The van der Waals surface area contributed by atoms with Crippen LogP contribution in [-0.2, 0) is 4.79 Å². The zero-order valence-electron chi connectivity index (χ0n) is 13.5. The van der Waals surface area contributed by atoms with E-state index in [2.05, 4.69) is 20.8 Å². The van der Waals surface area contributed by atoms with Crippen molar-refractivity contribution in [1.82, 2.24) is 15.5 Å². The molecule has 130 valence electrons. The standard InChI is InChI=1S/C16H22N4O3S/c1-24-10-7-13(21)16(23)18-9-4-8-17-14-11-5-2-3-6-12(11)15(22)20-19-14/h2-3,5-6,13,21H,4,7-10H2,1H3,(H,17,19)(H,18,23)(H,20,22). The third kappa shape index (κ3) is 4.97. The predicted molar refractivity (Wildman–Crippen MR) is 97.5 cm³/mol. The van der Waals surface area contributed by atoms with Crippen LogP contribution in [0.3, 0.4) is 0 Å². The molecule has 1 heterocycles. The van der Waals surface area contributed by atoms with E-state index >= 15 is 0 Å². The number of aromatic nitrogens is 2. The van der Waals surface area contributed by atoms with Crippen LogP contribution in [-0.4, -0.2) is 52.4 Å². The summed E-state index contributed by atoms with van der Waals surface area (Å²) in [6.07, 6.45) is 2.12. The van der Waals surface area contributed by atoms with Gasteiger partial charge in [-0.3, -0.25) is 9.59 Å². The number of hydrogen-bond acceptors (Lipinski definition) is 6. The Hall–Kier alpha value is -2.06. The highest BCUT2D eigenvalue weighted by Crippen LogP contribution is 2.16. The van der Waals surface area contributed by atoms with E-state index in [-0.39, 0.29) is 11.5 Å². The van der Waals surface area contributed by atoms with E-state index in [1.807, 2.05) is 18.4 Å². The summed E-state index contributed by atoms with van der Waals surface area (Å²) in [5, 5.41) is 23.3. The Labute approximate surface area is 144 Å². The topological polar surface area (TPSA) is 107 Å². The second-order valence-corrected chi connectivity index (χ2v) is 6.30. The number of aliphatic hydroxyl groups is 1. The lowest BCUT2D eigenvalue weighted by atomic mass is 10.2. The van der Waals surface area contributed by atoms with E-state index in [9.17, 15) is 14.7 Å². The van der Waals surface area contributed by atoms with Crippen LogP contribution in [0.25, 0.3) is 10.8 Å². The van der Waals surface area contributed by atoms with Crippen LogP contribution >= 0.6 is 11.8 Å². The Morgan fingerprint density at radius 1 is 1.33 bits per heavy atom. The minimum absolute atomic E-state index is 0.220. The number of benzene rings is 1. The molecule has 0 aliphatic heterocycles. The molecule has 1 unspecified atom stereocenters. The van der Waals surface area contributed by atoms with Gasteiger partial charge in [-0.25, -0.2) is 5.10 Å². The van der Waals surface area contributed by atoms with Crippen molar-refractivity contribution in [3.8, 4) is 0 Å². The zero-order chi connectivity index (χ0) is 17.4. The number of carbonyl (C=O) groups excluding carboxylic acids is 1. The van der Waals surface area contributed by atoms with Crippen molar-refractivity contribution >= 4 is 34.3 Å². The summed E-state index contributed by atoms with van der Waals surface area (Å²) in [7, 11) is 0. The van der Waals surface area contributed by atoms with Gasteiger partial charge >= 0.3 is 0 Å². The number of carbonyl (C=O) groups is 1. The fourth-order valence-electron chi connectivity index (χ4n) is 2.23. The predicted octanol–water partition coefficient (Wildman–Crippen LogP) is 0.955. The van der Waals surface area contributed by atoms with Crippen molar-refractivity contribution in [1.29, 1.82) is 0 Å². The van der Waals surface area contributed by atoms with E-state index in [0.29, 0.717) is 37.1 Å². The molecule has 0 saturated heterocycles. The van der Waals surface area contributed by atoms with Gasteiger partial charge < -0.3 is 15.7 Å². The van der Waals surface area contributed by atoms with Gasteiger partial charge in [0.1, 0.15) is 6.10 Å². The monoisotopic (exact) mass is 350 g/mol. The minimum atomic E-state index is -0.949. The Morgan fingerprint density at radius 3 is 2.83 bits per heavy atom. The smallest absolute Gasteiger partial charge is 0.272 e. The molecule has 1 amide bonds. The molecule has 1 aromatic heterocycles. The van der Waals surface area contributed by atoms with Crippen molar-refractivity contribution in [3.05, 3.63) is 34.6 Å². The molecule has 0 saturated carbocycles. The lowest BCUT2D eigenvalue weighted by Gasteiger charge is -2.11. The van der Waals surface area contributed by atoms with Crippen LogP contribution < -0.4 is 16.2 Å². The molecule has 1 aromatic carbocycles. The molecule has 7 nitrogen and oxygen atoms in total. The van der Waals surface area contributed by atoms with Gasteiger partial charge in [0.05, 0.1) is 5.39 Å². The molecule has 1 atom stereocenters. The van der Waals surface area contributed by atoms with Crippen molar-refractivity contribution in [2.45, 2.75) is 18.9 Å². The molecular formula is C16H22N4O3S. The van der Waals surface area contributed by atoms with Gasteiger partial charge in [-0.1, -0.05) is 18.2 Å². The second-order valence-electron chi connectivity index (χ2n) is 5.32. The molecule has 0 spiro atoms. The first-order valence-electron chi connectivity index (χ1n) is 7.79. The number of thioether (sulfide) groups is 1. The Morgan fingerprint density at radius 2 is 2.08 bits per heavy atom. The van der Waals surface area contributed by atoms with Crippen LogP contribution in [0, 0.1) is 0 Å². The first-order valence-corrected chi connectivity index (χ1v) is 9.19.